The minimum absolute atomic E-state index is 0.0877. The number of halogens is 1. The van der Waals surface area contributed by atoms with E-state index in [1.54, 1.807) is 11.0 Å². The van der Waals surface area contributed by atoms with E-state index >= 15 is 0 Å². The minimum atomic E-state index is -0.519. The Bertz CT molecular complexity index is 652. The molecule has 1 aromatic heterocycles. The zero-order valence-corrected chi connectivity index (χ0v) is 13.0. The van der Waals surface area contributed by atoms with E-state index in [0.29, 0.717) is 12.7 Å². The largest absolute Gasteiger partial charge is 0.463 e. The highest BCUT2D eigenvalue weighted by Crippen LogP contribution is 2.28. The average Bonchev–Trinajstić information content (AvgIpc) is 3.27. The quantitative estimate of drug-likeness (QED) is 0.765. The molecule has 1 saturated carbocycles. The van der Waals surface area contributed by atoms with Crippen LogP contribution < -0.4 is 0 Å². The topological polar surface area (TPSA) is 60.2 Å². The first-order valence-electron chi connectivity index (χ1n) is 7.12. The molecule has 0 atom stereocenters. The number of aromatic nitrogens is 3. The van der Waals surface area contributed by atoms with Gasteiger partial charge in [-0.3, -0.25) is 4.90 Å². The normalized spacial score (nSPS) is 14.3. The lowest BCUT2D eigenvalue weighted by Gasteiger charge is -2.21. The summed E-state index contributed by atoms with van der Waals surface area (Å²) in [7, 11) is 1.32. The van der Waals surface area contributed by atoms with Crippen molar-refractivity contribution in [2.24, 2.45) is 0 Å². The number of nitrogens with zero attached hydrogens (tertiary/aromatic N) is 4. The minimum Gasteiger partial charge on any atom is -0.463 e. The van der Waals surface area contributed by atoms with Gasteiger partial charge in [0, 0.05) is 17.6 Å². The molecule has 7 heteroatoms. The number of methoxy groups -OCH3 is 1. The van der Waals surface area contributed by atoms with Gasteiger partial charge < -0.3 is 4.74 Å². The Hall–Kier alpha value is -1.92. The third kappa shape index (κ3) is 3.64. The van der Waals surface area contributed by atoms with Crippen molar-refractivity contribution in [3.63, 3.8) is 0 Å². The van der Waals surface area contributed by atoms with Gasteiger partial charge in [-0.15, -0.1) is 5.10 Å². The standard InChI is InChI=1S/C15H17ClN4O2/c1-22-15(21)14-17-9-20(18-14)10-19(13-6-7-13)8-11-2-4-12(16)5-3-11/h2-5,9,13H,6-8,10H2,1H3. The van der Waals surface area contributed by atoms with E-state index in [-0.39, 0.29) is 5.82 Å². The molecule has 6 nitrogen and oxygen atoms in total. The zero-order chi connectivity index (χ0) is 15.5. The molecule has 0 amide bonds. The summed E-state index contributed by atoms with van der Waals surface area (Å²) in [6.45, 7) is 1.41. The molecule has 0 radical (unpaired) electrons. The molecule has 22 heavy (non-hydrogen) atoms. The van der Waals surface area contributed by atoms with E-state index in [1.807, 2.05) is 24.3 Å². The number of hydrogen-bond acceptors (Lipinski definition) is 5. The van der Waals surface area contributed by atoms with Crippen molar-refractivity contribution < 1.29 is 9.53 Å². The Balaban J connectivity index is 1.68. The lowest BCUT2D eigenvalue weighted by molar-refractivity contribution is 0.0585. The highest BCUT2D eigenvalue weighted by Gasteiger charge is 2.29. The number of benzene rings is 1. The number of rotatable bonds is 6. The predicted octanol–water partition coefficient (Wildman–Crippen LogP) is 2.34. The Morgan fingerprint density at radius 3 is 2.77 bits per heavy atom. The van der Waals surface area contributed by atoms with Crippen LogP contribution in [0, 0.1) is 0 Å². The summed E-state index contributed by atoms with van der Waals surface area (Å²) in [6, 6.07) is 8.40. The van der Waals surface area contributed by atoms with Crippen molar-refractivity contribution in [3.05, 3.63) is 47.0 Å². The maximum atomic E-state index is 11.4. The molecule has 0 aliphatic heterocycles. The predicted molar refractivity (Wildman–Crippen MR) is 81.4 cm³/mol. The Morgan fingerprint density at radius 2 is 2.14 bits per heavy atom. The maximum absolute atomic E-state index is 11.4. The molecule has 0 unspecified atom stereocenters. The fourth-order valence-corrected chi connectivity index (χ4v) is 2.42. The van der Waals surface area contributed by atoms with E-state index in [4.69, 9.17) is 11.6 Å². The summed E-state index contributed by atoms with van der Waals surface area (Å²) >= 11 is 5.92. The van der Waals surface area contributed by atoms with Gasteiger partial charge in [0.1, 0.15) is 6.33 Å². The molecule has 1 aliphatic carbocycles. The molecule has 1 heterocycles. The van der Waals surface area contributed by atoms with E-state index in [1.165, 1.54) is 25.5 Å². The maximum Gasteiger partial charge on any atom is 0.377 e. The van der Waals surface area contributed by atoms with Crippen molar-refractivity contribution in [1.29, 1.82) is 0 Å². The molecule has 0 bridgehead atoms. The highest BCUT2D eigenvalue weighted by molar-refractivity contribution is 6.30. The van der Waals surface area contributed by atoms with Gasteiger partial charge in [0.15, 0.2) is 0 Å². The summed E-state index contributed by atoms with van der Waals surface area (Å²) in [6.07, 6.45) is 3.93. The van der Waals surface area contributed by atoms with Gasteiger partial charge in [-0.05, 0) is 30.5 Å². The Kier molecular flexibility index (Phi) is 4.40. The van der Waals surface area contributed by atoms with Crippen LogP contribution in [0.15, 0.2) is 30.6 Å². The lowest BCUT2D eigenvalue weighted by atomic mass is 10.2. The molecule has 2 aromatic rings. The number of hydrogen-bond donors (Lipinski definition) is 0. The van der Waals surface area contributed by atoms with Crippen molar-refractivity contribution in [1.82, 2.24) is 19.7 Å². The van der Waals surface area contributed by atoms with E-state index < -0.39 is 5.97 Å². The van der Waals surface area contributed by atoms with Crippen LogP contribution in [0.25, 0.3) is 0 Å². The molecule has 1 aromatic carbocycles. The summed E-state index contributed by atoms with van der Waals surface area (Å²) in [5, 5.41) is 4.89. The molecule has 0 saturated heterocycles. The third-order valence-corrected chi connectivity index (χ3v) is 3.85. The van der Waals surface area contributed by atoms with Gasteiger partial charge in [0.2, 0.25) is 0 Å². The van der Waals surface area contributed by atoms with Gasteiger partial charge >= 0.3 is 5.97 Å². The average molecular weight is 321 g/mol. The van der Waals surface area contributed by atoms with Crippen LogP contribution in [0.4, 0.5) is 0 Å². The van der Waals surface area contributed by atoms with Crippen molar-refractivity contribution in [3.8, 4) is 0 Å². The van der Waals surface area contributed by atoms with E-state index in [2.05, 4.69) is 19.7 Å². The van der Waals surface area contributed by atoms with Crippen molar-refractivity contribution in [2.75, 3.05) is 7.11 Å². The first-order chi connectivity index (χ1) is 10.7. The molecule has 116 valence electrons. The van der Waals surface area contributed by atoms with Crippen LogP contribution in [0.5, 0.6) is 0 Å². The van der Waals surface area contributed by atoms with Crippen LogP contribution in [0.3, 0.4) is 0 Å². The van der Waals surface area contributed by atoms with Crippen LogP contribution in [-0.2, 0) is 18.0 Å². The molecule has 1 aliphatic rings. The van der Waals surface area contributed by atoms with Crippen LogP contribution in [0.2, 0.25) is 5.02 Å². The second-order valence-corrected chi connectivity index (χ2v) is 5.78. The van der Waals surface area contributed by atoms with Crippen molar-refractivity contribution >= 4 is 17.6 Å². The number of carbonyl (C=O) groups excluding carboxylic acids is 1. The monoisotopic (exact) mass is 320 g/mol. The second-order valence-electron chi connectivity index (χ2n) is 5.35. The summed E-state index contributed by atoms with van der Waals surface area (Å²) < 4.78 is 6.28. The van der Waals surface area contributed by atoms with Crippen LogP contribution >= 0.6 is 11.6 Å². The highest BCUT2D eigenvalue weighted by atomic mass is 35.5. The fraction of sp³-hybridized carbons (Fsp3) is 0.400. The van der Waals surface area contributed by atoms with Crippen molar-refractivity contribution in [2.45, 2.75) is 32.1 Å². The second kappa shape index (κ2) is 6.46. The smallest absolute Gasteiger partial charge is 0.377 e. The van der Waals surface area contributed by atoms with Gasteiger partial charge in [0.25, 0.3) is 5.82 Å². The molecule has 0 spiro atoms. The SMILES string of the molecule is COC(=O)c1ncn(CN(Cc2ccc(Cl)cc2)C2CC2)n1. The lowest BCUT2D eigenvalue weighted by Crippen LogP contribution is -2.28. The number of ether oxygens (including phenoxy) is 1. The van der Waals surface area contributed by atoms with Gasteiger partial charge in [-0.2, -0.15) is 0 Å². The Labute approximate surface area is 133 Å². The molecular weight excluding hydrogens is 304 g/mol. The van der Waals surface area contributed by atoms with Crippen LogP contribution in [-0.4, -0.2) is 38.8 Å². The Morgan fingerprint density at radius 1 is 1.41 bits per heavy atom. The molecular formula is C15H17ClN4O2. The first-order valence-corrected chi connectivity index (χ1v) is 7.50. The van der Waals surface area contributed by atoms with Gasteiger partial charge in [-0.25, -0.2) is 14.5 Å². The van der Waals surface area contributed by atoms with Gasteiger partial charge in [0.05, 0.1) is 13.8 Å². The third-order valence-electron chi connectivity index (χ3n) is 3.59. The number of esters is 1. The summed E-state index contributed by atoms with van der Waals surface area (Å²) in [5.74, 6) is -0.431. The zero-order valence-electron chi connectivity index (χ0n) is 12.3. The number of carbonyl (C=O) groups is 1. The fourth-order valence-electron chi connectivity index (χ4n) is 2.29. The molecule has 1 fully saturated rings. The molecule has 3 rings (SSSR count). The first kappa shape index (κ1) is 15.0. The van der Waals surface area contributed by atoms with E-state index in [0.717, 1.165) is 11.6 Å². The molecule has 0 N–H and O–H groups in total. The summed E-state index contributed by atoms with van der Waals surface area (Å²) in [4.78, 5) is 17.7. The van der Waals surface area contributed by atoms with E-state index in [9.17, 15) is 4.79 Å². The summed E-state index contributed by atoms with van der Waals surface area (Å²) in [5.41, 5.74) is 1.20. The van der Waals surface area contributed by atoms with Gasteiger partial charge in [-0.1, -0.05) is 23.7 Å². The van der Waals surface area contributed by atoms with Crippen LogP contribution in [0.1, 0.15) is 29.0 Å².